The molecular formula is C27H34N2O4. The summed E-state index contributed by atoms with van der Waals surface area (Å²) in [6.07, 6.45) is 10.2. The van der Waals surface area contributed by atoms with E-state index in [2.05, 4.69) is 35.8 Å². The van der Waals surface area contributed by atoms with Gasteiger partial charge in [0, 0.05) is 43.3 Å². The molecule has 2 heterocycles. The quantitative estimate of drug-likeness (QED) is 0.517. The van der Waals surface area contributed by atoms with E-state index in [9.17, 15) is 0 Å². The Labute approximate surface area is 197 Å². The van der Waals surface area contributed by atoms with E-state index in [0.717, 1.165) is 65.5 Å². The van der Waals surface area contributed by atoms with Crippen molar-refractivity contribution in [3.63, 3.8) is 0 Å². The van der Waals surface area contributed by atoms with E-state index in [1.54, 1.807) is 19.5 Å². The lowest BCUT2D eigenvalue weighted by atomic mass is 9.99. The third kappa shape index (κ3) is 8.11. The summed E-state index contributed by atoms with van der Waals surface area (Å²) in [5.74, 6) is 0.782. The minimum absolute atomic E-state index is 0.750. The molecule has 3 rings (SSSR count). The molecule has 0 bridgehead atoms. The van der Waals surface area contributed by atoms with Gasteiger partial charge in [-0.25, -0.2) is 4.98 Å². The number of aldehydes is 1. The van der Waals surface area contributed by atoms with E-state index in [1.807, 2.05) is 44.2 Å². The predicted molar refractivity (Wildman–Crippen MR) is 137 cm³/mol. The number of aromatic nitrogens is 2. The Morgan fingerprint density at radius 1 is 0.909 bits per heavy atom. The number of carbonyl (C=O) groups is 1. The highest BCUT2D eigenvalue weighted by molar-refractivity contribution is 5.77. The largest absolute Gasteiger partial charge is 0.494 e. The van der Waals surface area contributed by atoms with Gasteiger partial charge in [-0.15, -0.1) is 0 Å². The summed E-state index contributed by atoms with van der Waals surface area (Å²) in [6, 6.07) is 12.3. The molecule has 0 spiro atoms. The summed E-state index contributed by atoms with van der Waals surface area (Å²) >= 11 is 0. The van der Waals surface area contributed by atoms with Crippen LogP contribution in [0.3, 0.4) is 0 Å². The number of benzene rings is 1. The molecule has 0 aliphatic rings. The van der Waals surface area contributed by atoms with E-state index in [-0.39, 0.29) is 0 Å². The van der Waals surface area contributed by atoms with Crippen LogP contribution >= 0.6 is 0 Å². The summed E-state index contributed by atoms with van der Waals surface area (Å²) < 4.78 is 5.68. The second-order valence-electron chi connectivity index (χ2n) is 6.17. The molecule has 1 aromatic carbocycles. The number of hydrogen-bond donors (Lipinski definition) is 2. The summed E-state index contributed by atoms with van der Waals surface area (Å²) in [5, 5.41) is 14.0. The lowest BCUT2D eigenvalue weighted by Gasteiger charge is -2.16. The number of allylic oxidation sites excluding steroid dienone is 1. The number of ether oxygens (including phenoxy) is 1. The van der Waals surface area contributed by atoms with Gasteiger partial charge in [0.25, 0.3) is 0 Å². The van der Waals surface area contributed by atoms with Crippen LogP contribution in [-0.4, -0.2) is 47.8 Å². The lowest BCUT2D eigenvalue weighted by Crippen LogP contribution is -2.00. The highest BCUT2D eigenvalue weighted by atomic mass is 16.5. The second kappa shape index (κ2) is 17.0. The molecular weight excluding hydrogens is 416 g/mol. The number of methoxy groups -OCH3 is 1. The number of pyridine rings is 2. The zero-order valence-corrected chi connectivity index (χ0v) is 20.2. The number of nitrogens with zero attached hydrogens (tertiary/aromatic N) is 2. The van der Waals surface area contributed by atoms with Gasteiger partial charge in [0.1, 0.15) is 17.7 Å². The SMILES string of the molecule is C=Cc1c(/C=C\C)nc(-c2ccc(-c3ccncc3)cc2)c(OC)c1C.CC=O.CO.CO. The van der Waals surface area contributed by atoms with Crippen LogP contribution in [0.1, 0.15) is 30.7 Å². The van der Waals surface area contributed by atoms with Crippen molar-refractivity contribution in [1.29, 1.82) is 0 Å². The molecule has 0 saturated carbocycles. The van der Waals surface area contributed by atoms with Crippen LogP contribution in [0, 0.1) is 6.92 Å². The van der Waals surface area contributed by atoms with Crippen LogP contribution in [0.4, 0.5) is 0 Å². The Morgan fingerprint density at radius 2 is 1.39 bits per heavy atom. The first-order valence-corrected chi connectivity index (χ1v) is 10.2. The van der Waals surface area contributed by atoms with Crippen molar-refractivity contribution < 1.29 is 19.7 Å². The maximum atomic E-state index is 8.81. The highest BCUT2D eigenvalue weighted by Gasteiger charge is 2.16. The number of aliphatic hydroxyl groups is 2. The number of carbonyl (C=O) groups excluding carboxylic acids is 1. The van der Waals surface area contributed by atoms with Crippen LogP contribution in [0.15, 0.2) is 61.4 Å². The molecule has 0 unspecified atom stereocenters. The first-order chi connectivity index (χ1) is 16.1. The molecule has 0 radical (unpaired) electrons. The monoisotopic (exact) mass is 450 g/mol. The van der Waals surface area contributed by atoms with E-state index < -0.39 is 0 Å². The normalized spacial score (nSPS) is 9.33. The average Bonchev–Trinajstić information content (AvgIpc) is 2.88. The van der Waals surface area contributed by atoms with Crippen molar-refractivity contribution in [2.75, 3.05) is 21.3 Å². The van der Waals surface area contributed by atoms with Crippen molar-refractivity contribution in [2.45, 2.75) is 20.8 Å². The molecule has 0 aliphatic heterocycles. The van der Waals surface area contributed by atoms with E-state index in [1.165, 1.54) is 6.92 Å². The Balaban J connectivity index is 0.00000132. The van der Waals surface area contributed by atoms with E-state index in [4.69, 9.17) is 24.7 Å². The minimum atomic E-state index is 0.750. The minimum Gasteiger partial charge on any atom is -0.494 e. The van der Waals surface area contributed by atoms with Gasteiger partial charge in [-0.3, -0.25) is 4.98 Å². The fourth-order valence-electron chi connectivity index (χ4n) is 3.08. The van der Waals surface area contributed by atoms with Gasteiger partial charge in [-0.05, 0) is 50.1 Å². The molecule has 6 heteroatoms. The van der Waals surface area contributed by atoms with Crippen LogP contribution in [-0.2, 0) is 4.79 Å². The zero-order chi connectivity index (χ0) is 25.2. The first kappa shape index (κ1) is 29.4. The lowest BCUT2D eigenvalue weighted by molar-refractivity contribution is -0.106. The predicted octanol–water partition coefficient (Wildman–Crippen LogP) is 5.23. The maximum absolute atomic E-state index is 8.81. The van der Waals surface area contributed by atoms with Crippen LogP contribution in [0.2, 0.25) is 0 Å². The molecule has 0 saturated heterocycles. The van der Waals surface area contributed by atoms with Crippen molar-refractivity contribution in [2.24, 2.45) is 0 Å². The molecule has 0 amide bonds. The number of hydrogen-bond acceptors (Lipinski definition) is 6. The third-order valence-electron chi connectivity index (χ3n) is 4.37. The molecule has 0 aliphatic carbocycles. The van der Waals surface area contributed by atoms with E-state index >= 15 is 0 Å². The molecule has 0 fully saturated rings. The Bertz CT molecular complexity index is 999. The molecule has 2 aromatic heterocycles. The van der Waals surface area contributed by atoms with Gasteiger partial charge >= 0.3 is 0 Å². The van der Waals surface area contributed by atoms with Crippen molar-refractivity contribution in [1.82, 2.24) is 9.97 Å². The highest BCUT2D eigenvalue weighted by Crippen LogP contribution is 2.36. The van der Waals surface area contributed by atoms with Gasteiger partial charge in [-0.2, -0.15) is 0 Å². The van der Waals surface area contributed by atoms with Gasteiger partial charge in [-0.1, -0.05) is 43.0 Å². The molecule has 6 nitrogen and oxygen atoms in total. The third-order valence-corrected chi connectivity index (χ3v) is 4.37. The van der Waals surface area contributed by atoms with Gasteiger partial charge in [0.2, 0.25) is 0 Å². The van der Waals surface area contributed by atoms with Crippen molar-refractivity contribution >= 4 is 18.4 Å². The topological polar surface area (TPSA) is 92.5 Å². The number of rotatable bonds is 5. The Kier molecular flexibility index (Phi) is 15.1. The Morgan fingerprint density at radius 3 is 1.85 bits per heavy atom. The van der Waals surface area contributed by atoms with Crippen LogP contribution in [0.25, 0.3) is 34.5 Å². The number of aliphatic hydroxyl groups excluding tert-OH is 2. The summed E-state index contributed by atoms with van der Waals surface area (Å²) in [4.78, 5) is 17.7. The fraction of sp³-hybridized carbons (Fsp3) is 0.222. The van der Waals surface area contributed by atoms with Crippen molar-refractivity contribution in [3.05, 3.63) is 78.3 Å². The van der Waals surface area contributed by atoms with Gasteiger partial charge < -0.3 is 19.7 Å². The smallest absolute Gasteiger partial charge is 0.148 e. The average molecular weight is 451 g/mol. The molecule has 176 valence electrons. The summed E-state index contributed by atoms with van der Waals surface area (Å²) in [7, 11) is 3.68. The molecule has 2 N–H and O–H groups in total. The first-order valence-electron chi connectivity index (χ1n) is 10.2. The van der Waals surface area contributed by atoms with E-state index in [0.29, 0.717) is 0 Å². The van der Waals surface area contributed by atoms with Gasteiger partial charge in [0.05, 0.1) is 12.8 Å². The standard InChI is InChI=1S/C23H22N2O.C2H4O.2CH4O/c1-5-7-21-20(6-2)16(3)23(26-4)22(25-21)19-10-8-17(9-11-19)18-12-14-24-15-13-18;1-2-3;2*1-2/h5-15H,2H2,1,3-4H3;2H,1H3;2*2H,1H3/b7-5-;;;. The molecule has 33 heavy (non-hydrogen) atoms. The van der Waals surface area contributed by atoms with Gasteiger partial charge in [0.15, 0.2) is 0 Å². The molecule has 0 atom stereocenters. The van der Waals surface area contributed by atoms with Crippen LogP contribution < -0.4 is 4.74 Å². The summed E-state index contributed by atoms with van der Waals surface area (Å²) in [6.45, 7) is 9.39. The fourth-order valence-corrected chi connectivity index (χ4v) is 3.08. The Hall–Kier alpha value is -3.61. The second-order valence-corrected chi connectivity index (χ2v) is 6.17. The maximum Gasteiger partial charge on any atom is 0.148 e. The summed E-state index contributed by atoms with van der Waals surface area (Å²) in [5.41, 5.74) is 7.07. The van der Waals surface area contributed by atoms with Crippen LogP contribution in [0.5, 0.6) is 5.75 Å². The van der Waals surface area contributed by atoms with Crippen molar-refractivity contribution in [3.8, 4) is 28.1 Å². The molecule has 3 aromatic rings. The zero-order valence-electron chi connectivity index (χ0n) is 20.2.